The van der Waals surface area contributed by atoms with Gasteiger partial charge in [-0.05, 0) is 11.4 Å². The Labute approximate surface area is 125 Å². The molecule has 7 heteroatoms. The second kappa shape index (κ2) is 6.45. The number of thiophene rings is 1. The molecule has 1 amide bonds. The zero-order valence-corrected chi connectivity index (χ0v) is 12.5. The molecule has 0 aliphatic carbocycles. The Kier molecular flexibility index (Phi) is 4.41. The van der Waals surface area contributed by atoms with Crippen LogP contribution in [0, 0.1) is 0 Å². The molecule has 0 bridgehead atoms. The summed E-state index contributed by atoms with van der Waals surface area (Å²) in [7, 11) is 0. The van der Waals surface area contributed by atoms with E-state index in [1.165, 1.54) is 22.7 Å². The van der Waals surface area contributed by atoms with Gasteiger partial charge in [-0.25, -0.2) is 4.98 Å². The molecule has 1 fully saturated rings. The fourth-order valence-corrected chi connectivity index (χ4v) is 3.31. The van der Waals surface area contributed by atoms with Gasteiger partial charge in [0.15, 0.2) is 5.13 Å². The van der Waals surface area contributed by atoms with Crippen molar-refractivity contribution in [2.24, 2.45) is 0 Å². The predicted molar refractivity (Wildman–Crippen MR) is 80.5 cm³/mol. The van der Waals surface area contributed by atoms with E-state index in [1.54, 1.807) is 0 Å². The van der Waals surface area contributed by atoms with E-state index in [9.17, 15) is 4.79 Å². The van der Waals surface area contributed by atoms with Crippen LogP contribution >= 0.6 is 22.7 Å². The van der Waals surface area contributed by atoms with Gasteiger partial charge in [-0.3, -0.25) is 15.0 Å². The number of thiazole rings is 1. The molecule has 0 radical (unpaired) electrons. The van der Waals surface area contributed by atoms with Crippen LogP contribution in [-0.2, 0) is 11.3 Å². The third-order valence-electron chi connectivity index (χ3n) is 3.01. The zero-order chi connectivity index (χ0) is 13.8. The summed E-state index contributed by atoms with van der Waals surface area (Å²) in [6.45, 7) is 4.26. The van der Waals surface area contributed by atoms with E-state index in [-0.39, 0.29) is 5.91 Å². The maximum absolute atomic E-state index is 11.9. The van der Waals surface area contributed by atoms with Gasteiger partial charge in [0.05, 0.1) is 23.8 Å². The highest BCUT2D eigenvalue weighted by molar-refractivity contribution is 7.14. The van der Waals surface area contributed by atoms with Crippen LogP contribution < -0.4 is 5.32 Å². The highest BCUT2D eigenvalue weighted by atomic mass is 32.1. The molecule has 1 aliphatic heterocycles. The number of morpholine rings is 1. The fraction of sp³-hybridized carbons (Fsp3) is 0.385. The van der Waals surface area contributed by atoms with Crippen molar-refractivity contribution in [3.8, 4) is 0 Å². The quantitative estimate of drug-likeness (QED) is 0.941. The Morgan fingerprint density at radius 2 is 2.25 bits per heavy atom. The van der Waals surface area contributed by atoms with Crippen molar-refractivity contribution in [1.82, 2.24) is 9.88 Å². The molecule has 2 aromatic heterocycles. The molecule has 1 N–H and O–H groups in total. The lowest BCUT2D eigenvalue weighted by molar-refractivity contribution is 0.0337. The Hall–Kier alpha value is -1.28. The Morgan fingerprint density at radius 3 is 3.00 bits per heavy atom. The van der Waals surface area contributed by atoms with Crippen molar-refractivity contribution in [2.45, 2.75) is 6.54 Å². The van der Waals surface area contributed by atoms with E-state index >= 15 is 0 Å². The first kappa shape index (κ1) is 13.7. The molecular formula is C13H15N3O2S2. The van der Waals surface area contributed by atoms with Gasteiger partial charge in [0, 0.05) is 25.0 Å². The largest absolute Gasteiger partial charge is 0.379 e. The normalized spacial score (nSPS) is 16.2. The average molecular weight is 309 g/mol. The molecule has 1 aliphatic rings. The van der Waals surface area contributed by atoms with Crippen molar-refractivity contribution in [1.29, 1.82) is 0 Å². The van der Waals surface area contributed by atoms with Gasteiger partial charge in [-0.2, -0.15) is 0 Å². The molecule has 20 heavy (non-hydrogen) atoms. The van der Waals surface area contributed by atoms with Gasteiger partial charge in [0.25, 0.3) is 5.91 Å². The molecule has 0 saturated carbocycles. The molecule has 3 heterocycles. The van der Waals surface area contributed by atoms with Gasteiger partial charge in [-0.1, -0.05) is 6.07 Å². The number of aromatic nitrogens is 1. The van der Waals surface area contributed by atoms with E-state index < -0.39 is 0 Å². The molecule has 5 nitrogen and oxygen atoms in total. The summed E-state index contributed by atoms with van der Waals surface area (Å²) < 4.78 is 5.32. The van der Waals surface area contributed by atoms with Crippen LogP contribution in [-0.4, -0.2) is 42.1 Å². The Morgan fingerprint density at radius 1 is 1.40 bits per heavy atom. The summed E-state index contributed by atoms with van der Waals surface area (Å²) in [6, 6.07) is 3.67. The minimum Gasteiger partial charge on any atom is -0.379 e. The molecule has 0 spiro atoms. The van der Waals surface area contributed by atoms with Crippen LogP contribution in [0.5, 0.6) is 0 Å². The molecule has 2 aromatic rings. The summed E-state index contributed by atoms with van der Waals surface area (Å²) in [4.78, 5) is 19.4. The van der Waals surface area contributed by atoms with Crippen molar-refractivity contribution in [3.63, 3.8) is 0 Å². The summed E-state index contributed by atoms with van der Waals surface area (Å²) in [5.74, 6) is -0.0905. The molecule has 3 rings (SSSR count). The van der Waals surface area contributed by atoms with Crippen LogP contribution in [0.1, 0.15) is 15.4 Å². The van der Waals surface area contributed by atoms with Gasteiger partial charge in [0.2, 0.25) is 0 Å². The number of ether oxygens (including phenoxy) is 1. The third-order valence-corrected chi connectivity index (χ3v) is 4.68. The van der Waals surface area contributed by atoms with Crippen LogP contribution in [0.3, 0.4) is 0 Å². The standard InChI is InChI=1S/C13H15N3O2S2/c17-12(11-2-1-7-19-11)15-13-14-10(9-20-13)8-16-3-5-18-6-4-16/h1-2,7,9H,3-6,8H2,(H,14,15,17). The lowest BCUT2D eigenvalue weighted by Gasteiger charge is -2.25. The summed E-state index contributed by atoms with van der Waals surface area (Å²) in [6.07, 6.45) is 0. The molecule has 0 atom stereocenters. The van der Waals surface area contributed by atoms with Gasteiger partial charge in [-0.15, -0.1) is 22.7 Å². The number of anilines is 1. The van der Waals surface area contributed by atoms with Crippen molar-refractivity contribution in [3.05, 3.63) is 33.5 Å². The minimum absolute atomic E-state index is 0.0905. The Balaban J connectivity index is 1.57. The maximum atomic E-state index is 11.9. The van der Waals surface area contributed by atoms with Crippen LogP contribution in [0.15, 0.2) is 22.9 Å². The van der Waals surface area contributed by atoms with E-state index in [0.29, 0.717) is 10.0 Å². The summed E-state index contributed by atoms with van der Waals surface area (Å²) >= 11 is 2.90. The molecule has 106 valence electrons. The lowest BCUT2D eigenvalue weighted by atomic mass is 10.4. The van der Waals surface area contributed by atoms with Crippen molar-refractivity contribution < 1.29 is 9.53 Å². The number of hydrogen-bond donors (Lipinski definition) is 1. The number of amides is 1. The number of nitrogens with zero attached hydrogens (tertiary/aromatic N) is 2. The first-order valence-corrected chi connectivity index (χ1v) is 8.16. The second-order valence-corrected chi connectivity index (χ2v) is 6.27. The SMILES string of the molecule is O=C(Nc1nc(CN2CCOCC2)cs1)c1cccs1. The number of rotatable bonds is 4. The number of carbonyl (C=O) groups excluding carboxylic acids is 1. The van der Waals surface area contributed by atoms with Gasteiger partial charge < -0.3 is 4.74 Å². The highest BCUT2D eigenvalue weighted by Gasteiger charge is 2.14. The average Bonchev–Trinajstić information content (AvgIpc) is 3.11. The lowest BCUT2D eigenvalue weighted by Crippen LogP contribution is -2.35. The molecule has 1 saturated heterocycles. The minimum atomic E-state index is -0.0905. The number of carbonyl (C=O) groups is 1. The van der Waals surface area contributed by atoms with E-state index in [0.717, 1.165) is 38.5 Å². The topological polar surface area (TPSA) is 54.5 Å². The van der Waals surface area contributed by atoms with Crippen molar-refractivity contribution >= 4 is 33.7 Å². The number of nitrogens with one attached hydrogen (secondary N) is 1. The maximum Gasteiger partial charge on any atom is 0.267 e. The first-order valence-electron chi connectivity index (χ1n) is 6.40. The molecule has 0 aromatic carbocycles. The third kappa shape index (κ3) is 3.43. The first-order chi connectivity index (χ1) is 9.81. The van der Waals surface area contributed by atoms with Crippen LogP contribution in [0.4, 0.5) is 5.13 Å². The van der Waals surface area contributed by atoms with Crippen molar-refractivity contribution in [2.75, 3.05) is 31.6 Å². The fourth-order valence-electron chi connectivity index (χ4n) is 1.99. The van der Waals surface area contributed by atoms with E-state index in [2.05, 4.69) is 15.2 Å². The van der Waals surface area contributed by atoms with E-state index in [4.69, 9.17) is 4.74 Å². The van der Waals surface area contributed by atoms with Gasteiger partial charge >= 0.3 is 0 Å². The summed E-state index contributed by atoms with van der Waals surface area (Å²) in [5, 5.41) is 7.39. The number of hydrogen-bond acceptors (Lipinski definition) is 6. The van der Waals surface area contributed by atoms with Crippen LogP contribution in [0.2, 0.25) is 0 Å². The zero-order valence-electron chi connectivity index (χ0n) is 10.9. The van der Waals surface area contributed by atoms with Crippen LogP contribution in [0.25, 0.3) is 0 Å². The second-order valence-electron chi connectivity index (χ2n) is 4.46. The Bertz CT molecular complexity index is 562. The molecular weight excluding hydrogens is 294 g/mol. The monoisotopic (exact) mass is 309 g/mol. The predicted octanol–water partition coefficient (Wildman–Crippen LogP) is 2.29. The van der Waals surface area contributed by atoms with Gasteiger partial charge in [0.1, 0.15) is 0 Å². The highest BCUT2D eigenvalue weighted by Crippen LogP contribution is 2.19. The molecule has 0 unspecified atom stereocenters. The summed E-state index contributed by atoms with van der Waals surface area (Å²) in [5.41, 5.74) is 0.998. The van der Waals surface area contributed by atoms with E-state index in [1.807, 2.05) is 22.9 Å². The smallest absolute Gasteiger partial charge is 0.267 e.